The van der Waals surface area contributed by atoms with E-state index in [1.54, 1.807) is 0 Å². The molecule has 31 heavy (non-hydrogen) atoms. The molecule has 0 spiro atoms. The number of halogens is 1. The van der Waals surface area contributed by atoms with Crippen LogP contribution in [0.25, 0.3) is 11.0 Å². The predicted octanol–water partition coefficient (Wildman–Crippen LogP) is 3.18. The number of carbonyl (C=O) groups excluding carboxylic acids is 2. The summed E-state index contributed by atoms with van der Waals surface area (Å²) in [6.45, 7) is 3.14. The molecule has 2 aliphatic heterocycles. The van der Waals surface area contributed by atoms with Gasteiger partial charge in [0.05, 0.1) is 24.2 Å². The first kappa shape index (κ1) is 20.2. The summed E-state index contributed by atoms with van der Waals surface area (Å²) in [5.74, 6) is 0.865. The molecule has 0 aliphatic carbocycles. The highest BCUT2D eigenvalue weighted by Crippen LogP contribution is 2.33. The molecule has 0 radical (unpaired) electrons. The maximum atomic E-state index is 13.0. The molecule has 160 valence electrons. The van der Waals surface area contributed by atoms with E-state index in [2.05, 4.69) is 15.9 Å². The highest BCUT2D eigenvalue weighted by Gasteiger charge is 2.35. The Labute approximate surface area is 188 Å². The predicted molar refractivity (Wildman–Crippen MR) is 121 cm³/mol. The molecule has 8 heteroatoms. The second-order valence-electron chi connectivity index (χ2n) is 7.92. The number of para-hydroxylation sites is 2. The van der Waals surface area contributed by atoms with Gasteiger partial charge in [0.25, 0.3) is 0 Å². The van der Waals surface area contributed by atoms with Crippen molar-refractivity contribution in [1.29, 1.82) is 0 Å². The van der Waals surface area contributed by atoms with Gasteiger partial charge < -0.3 is 19.1 Å². The van der Waals surface area contributed by atoms with Gasteiger partial charge in [0.15, 0.2) is 0 Å². The van der Waals surface area contributed by atoms with Crippen LogP contribution in [0.5, 0.6) is 0 Å². The molecule has 0 saturated carbocycles. The zero-order valence-corrected chi connectivity index (χ0v) is 18.6. The number of amides is 2. The number of benzene rings is 2. The maximum absolute atomic E-state index is 13.0. The van der Waals surface area contributed by atoms with Gasteiger partial charge in [-0.25, -0.2) is 4.98 Å². The van der Waals surface area contributed by atoms with Crippen molar-refractivity contribution in [3.05, 3.63) is 58.8 Å². The normalized spacial score (nSPS) is 19.4. The fourth-order valence-electron chi connectivity index (χ4n) is 4.37. The lowest BCUT2D eigenvalue weighted by molar-refractivity contribution is -0.135. The molecule has 3 aromatic rings. The number of rotatable bonds is 4. The van der Waals surface area contributed by atoms with Gasteiger partial charge in [-0.1, -0.05) is 28.1 Å². The number of anilines is 1. The molecule has 0 N–H and O–H groups in total. The van der Waals surface area contributed by atoms with Crippen LogP contribution in [0.2, 0.25) is 0 Å². The maximum Gasteiger partial charge on any atom is 0.242 e. The third-order valence-electron chi connectivity index (χ3n) is 5.97. The summed E-state index contributed by atoms with van der Waals surface area (Å²) in [5, 5.41) is 0. The SMILES string of the molecule is O=C(Cn1c(C2CC(=O)N(c3ccc(Br)cc3)C2)nc2ccccc21)N1CCOCC1. The van der Waals surface area contributed by atoms with E-state index in [0.717, 1.165) is 27.0 Å². The molecule has 2 amide bonds. The molecular weight excluding hydrogens is 460 g/mol. The van der Waals surface area contributed by atoms with E-state index >= 15 is 0 Å². The molecule has 0 bridgehead atoms. The van der Waals surface area contributed by atoms with Crippen LogP contribution >= 0.6 is 15.9 Å². The van der Waals surface area contributed by atoms with Crippen molar-refractivity contribution < 1.29 is 14.3 Å². The average molecular weight is 483 g/mol. The van der Waals surface area contributed by atoms with Gasteiger partial charge in [-0.05, 0) is 36.4 Å². The number of hydrogen-bond donors (Lipinski definition) is 0. The topological polar surface area (TPSA) is 67.7 Å². The number of nitrogens with zero attached hydrogens (tertiary/aromatic N) is 4. The molecule has 2 saturated heterocycles. The van der Waals surface area contributed by atoms with Gasteiger partial charge >= 0.3 is 0 Å². The van der Waals surface area contributed by atoms with Crippen molar-refractivity contribution in [2.24, 2.45) is 0 Å². The first-order chi connectivity index (χ1) is 15.1. The summed E-state index contributed by atoms with van der Waals surface area (Å²) in [7, 11) is 0. The highest BCUT2D eigenvalue weighted by atomic mass is 79.9. The van der Waals surface area contributed by atoms with Crippen molar-refractivity contribution in [3.63, 3.8) is 0 Å². The third kappa shape index (κ3) is 3.97. The summed E-state index contributed by atoms with van der Waals surface area (Å²) < 4.78 is 8.35. The number of aromatic nitrogens is 2. The molecule has 1 aromatic heterocycles. The van der Waals surface area contributed by atoms with E-state index < -0.39 is 0 Å². The summed E-state index contributed by atoms with van der Waals surface area (Å²) in [4.78, 5) is 34.3. The Morgan fingerprint density at radius 3 is 2.61 bits per heavy atom. The monoisotopic (exact) mass is 482 g/mol. The van der Waals surface area contributed by atoms with Crippen molar-refractivity contribution in [2.75, 3.05) is 37.7 Å². The van der Waals surface area contributed by atoms with Crippen molar-refractivity contribution in [3.8, 4) is 0 Å². The zero-order chi connectivity index (χ0) is 21.4. The molecule has 7 nitrogen and oxygen atoms in total. The fourth-order valence-corrected chi connectivity index (χ4v) is 4.64. The van der Waals surface area contributed by atoms with Crippen molar-refractivity contribution in [2.45, 2.75) is 18.9 Å². The molecule has 5 rings (SSSR count). The Bertz CT molecular complexity index is 1120. The van der Waals surface area contributed by atoms with Gasteiger partial charge in [0.1, 0.15) is 12.4 Å². The standard InChI is InChI=1S/C23H23BrN4O3/c24-17-5-7-18(8-6-17)27-14-16(13-21(27)29)23-25-19-3-1-2-4-20(19)28(23)15-22(30)26-9-11-31-12-10-26/h1-8,16H,9-15H2. The lowest BCUT2D eigenvalue weighted by atomic mass is 10.1. The lowest BCUT2D eigenvalue weighted by Gasteiger charge is -2.27. The van der Waals surface area contributed by atoms with E-state index in [1.165, 1.54) is 0 Å². The highest BCUT2D eigenvalue weighted by molar-refractivity contribution is 9.10. The van der Waals surface area contributed by atoms with Crippen LogP contribution in [-0.2, 0) is 20.9 Å². The molecule has 3 heterocycles. The van der Waals surface area contributed by atoms with Crippen LogP contribution < -0.4 is 4.90 Å². The summed E-state index contributed by atoms with van der Waals surface area (Å²) in [6.07, 6.45) is 0.380. The summed E-state index contributed by atoms with van der Waals surface area (Å²) in [5.41, 5.74) is 2.65. The van der Waals surface area contributed by atoms with E-state index in [-0.39, 0.29) is 24.3 Å². The minimum Gasteiger partial charge on any atom is -0.378 e. The summed E-state index contributed by atoms with van der Waals surface area (Å²) >= 11 is 3.44. The molecular formula is C23H23BrN4O3. The minimum atomic E-state index is -0.0685. The zero-order valence-electron chi connectivity index (χ0n) is 17.0. The summed E-state index contributed by atoms with van der Waals surface area (Å²) in [6, 6.07) is 15.6. The van der Waals surface area contributed by atoms with Gasteiger partial charge in [-0.2, -0.15) is 0 Å². The van der Waals surface area contributed by atoms with Crippen LogP contribution in [0.3, 0.4) is 0 Å². The van der Waals surface area contributed by atoms with Crippen LogP contribution in [0, 0.1) is 0 Å². The Balaban J connectivity index is 1.45. The molecule has 2 fully saturated rings. The quantitative estimate of drug-likeness (QED) is 0.572. The Morgan fingerprint density at radius 2 is 1.84 bits per heavy atom. The average Bonchev–Trinajstić information content (AvgIpc) is 3.35. The van der Waals surface area contributed by atoms with E-state index in [0.29, 0.717) is 39.3 Å². The lowest BCUT2D eigenvalue weighted by Crippen LogP contribution is -2.42. The molecule has 1 unspecified atom stereocenters. The smallest absolute Gasteiger partial charge is 0.242 e. The number of morpholine rings is 1. The molecule has 2 aliphatic rings. The van der Waals surface area contributed by atoms with Gasteiger partial charge in [0.2, 0.25) is 11.8 Å². The van der Waals surface area contributed by atoms with Gasteiger partial charge in [-0.3, -0.25) is 9.59 Å². The number of imidazole rings is 1. The minimum absolute atomic E-state index is 0.0572. The van der Waals surface area contributed by atoms with E-state index in [9.17, 15) is 9.59 Å². The van der Waals surface area contributed by atoms with Crippen LogP contribution in [0.4, 0.5) is 5.69 Å². The molecule has 2 aromatic carbocycles. The third-order valence-corrected chi connectivity index (χ3v) is 6.50. The fraction of sp³-hybridized carbons (Fsp3) is 0.348. The Morgan fingerprint density at radius 1 is 1.10 bits per heavy atom. The Kier molecular flexibility index (Phi) is 5.50. The van der Waals surface area contributed by atoms with Crippen molar-refractivity contribution >= 4 is 44.5 Å². The molecule has 1 atom stereocenters. The first-order valence-corrected chi connectivity index (χ1v) is 11.3. The van der Waals surface area contributed by atoms with E-state index in [4.69, 9.17) is 9.72 Å². The second-order valence-corrected chi connectivity index (χ2v) is 8.84. The van der Waals surface area contributed by atoms with E-state index in [1.807, 2.05) is 62.9 Å². The number of hydrogen-bond acceptors (Lipinski definition) is 4. The first-order valence-electron chi connectivity index (χ1n) is 10.5. The number of fused-ring (bicyclic) bond motifs is 1. The van der Waals surface area contributed by atoms with Crippen LogP contribution in [-0.4, -0.2) is 59.1 Å². The van der Waals surface area contributed by atoms with Crippen LogP contribution in [0.15, 0.2) is 53.0 Å². The number of ether oxygens (including phenoxy) is 1. The largest absolute Gasteiger partial charge is 0.378 e. The van der Waals surface area contributed by atoms with Crippen LogP contribution in [0.1, 0.15) is 18.2 Å². The van der Waals surface area contributed by atoms with Gasteiger partial charge in [0, 0.05) is 42.1 Å². The second kappa shape index (κ2) is 8.43. The van der Waals surface area contributed by atoms with Crippen molar-refractivity contribution in [1.82, 2.24) is 14.5 Å². The number of carbonyl (C=O) groups is 2. The Hall–Kier alpha value is -2.71. The van der Waals surface area contributed by atoms with Gasteiger partial charge in [-0.15, -0.1) is 0 Å².